The van der Waals surface area contributed by atoms with Gasteiger partial charge in [0.1, 0.15) is 23.4 Å². The zero-order chi connectivity index (χ0) is 20.6. The summed E-state index contributed by atoms with van der Waals surface area (Å²) < 4.78 is 17.1. The van der Waals surface area contributed by atoms with Gasteiger partial charge in [-0.05, 0) is 62.7 Å². The van der Waals surface area contributed by atoms with Gasteiger partial charge < -0.3 is 24.4 Å². The van der Waals surface area contributed by atoms with Crippen molar-refractivity contribution in [2.24, 2.45) is 0 Å². The van der Waals surface area contributed by atoms with E-state index in [0.717, 1.165) is 37.4 Å². The minimum absolute atomic E-state index is 0.181. The number of piperidine rings is 1. The molecule has 0 saturated carbocycles. The number of benzene rings is 2. The van der Waals surface area contributed by atoms with E-state index in [9.17, 15) is 4.79 Å². The Labute approximate surface area is 172 Å². The van der Waals surface area contributed by atoms with Gasteiger partial charge in [0, 0.05) is 24.8 Å². The minimum atomic E-state index is -0.586. The van der Waals surface area contributed by atoms with Crippen LogP contribution in [0.5, 0.6) is 17.2 Å². The summed E-state index contributed by atoms with van der Waals surface area (Å²) in [6.45, 7) is 4.04. The summed E-state index contributed by atoms with van der Waals surface area (Å²) in [6, 6.07) is 14.8. The van der Waals surface area contributed by atoms with Crippen molar-refractivity contribution in [1.29, 1.82) is 0 Å². The second-order valence-corrected chi connectivity index (χ2v) is 7.33. The summed E-state index contributed by atoms with van der Waals surface area (Å²) in [7, 11) is 3.73. The largest absolute Gasteiger partial charge is 0.497 e. The Hall–Kier alpha value is -2.73. The summed E-state index contributed by atoms with van der Waals surface area (Å²) in [5.74, 6) is 1.95. The fourth-order valence-electron chi connectivity index (χ4n) is 3.30. The molecule has 0 radical (unpaired) electrons. The van der Waals surface area contributed by atoms with E-state index in [0.29, 0.717) is 17.9 Å². The van der Waals surface area contributed by atoms with Gasteiger partial charge in [-0.3, -0.25) is 4.79 Å². The highest BCUT2D eigenvalue weighted by molar-refractivity contribution is 5.94. The number of carbonyl (C=O) groups excluding carboxylic acids is 1. The van der Waals surface area contributed by atoms with Gasteiger partial charge in [0.05, 0.1) is 7.11 Å². The van der Waals surface area contributed by atoms with Gasteiger partial charge in [-0.1, -0.05) is 13.0 Å². The number of hydrogen-bond acceptors (Lipinski definition) is 5. The topological polar surface area (TPSA) is 60.0 Å². The molecule has 29 heavy (non-hydrogen) atoms. The van der Waals surface area contributed by atoms with Crippen LogP contribution >= 0.6 is 0 Å². The molecule has 156 valence electrons. The van der Waals surface area contributed by atoms with Gasteiger partial charge in [0.15, 0.2) is 6.10 Å². The zero-order valence-corrected chi connectivity index (χ0v) is 17.4. The number of likely N-dealkylation sites (tertiary alicyclic amines) is 1. The van der Waals surface area contributed by atoms with Crippen molar-refractivity contribution in [1.82, 2.24) is 4.90 Å². The highest BCUT2D eigenvalue weighted by Gasteiger charge is 2.20. The van der Waals surface area contributed by atoms with E-state index in [1.807, 2.05) is 49.4 Å². The Morgan fingerprint density at radius 2 is 1.79 bits per heavy atom. The zero-order valence-electron chi connectivity index (χ0n) is 17.4. The third-order valence-corrected chi connectivity index (χ3v) is 5.07. The molecule has 6 nitrogen and oxygen atoms in total. The smallest absolute Gasteiger partial charge is 0.265 e. The number of carbonyl (C=O) groups is 1. The molecule has 1 aliphatic heterocycles. The molecular formula is C23H30N2O4. The number of hydrogen-bond donors (Lipinski definition) is 1. The van der Waals surface area contributed by atoms with Crippen LogP contribution in [0, 0.1) is 0 Å². The Morgan fingerprint density at radius 1 is 1.10 bits per heavy atom. The number of ether oxygens (including phenoxy) is 3. The Kier molecular flexibility index (Phi) is 7.36. The highest BCUT2D eigenvalue weighted by atomic mass is 16.5. The molecule has 1 fully saturated rings. The van der Waals surface area contributed by atoms with Crippen LogP contribution in [0.15, 0.2) is 48.5 Å². The first-order valence-electron chi connectivity index (χ1n) is 10.1. The first kappa shape index (κ1) is 21.0. The molecule has 1 amide bonds. The number of methoxy groups -OCH3 is 1. The van der Waals surface area contributed by atoms with Crippen molar-refractivity contribution in [2.45, 2.75) is 38.4 Å². The van der Waals surface area contributed by atoms with E-state index in [-0.39, 0.29) is 12.0 Å². The number of nitrogens with zero attached hydrogens (tertiary/aromatic N) is 1. The van der Waals surface area contributed by atoms with E-state index in [1.165, 1.54) is 0 Å². The molecule has 1 N–H and O–H groups in total. The molecule has 1 unspecified atom stereocenters. The van der Waals surface area contributed by atoms with Crippen molar-refractivity contribution in [2.75, 3.05) is 32.6 Å². The van der Waals surface area contributed by atoms with Gasteiger partial charge >= 0.3 is 0 Å². The lowest BCUT2D eigenvalue weighted by molar-refractivity contribution is -0.122. The maximum absolute atomic E-state index is 12.6. The summed E-state index contributed by atoms with van der Waals surface area (Å²) >= 11 is 0. The number of amides is 1. The molecule has 6 heteroatoms. The van der Waals surface area contributed by atoms with Gasteiger partial charge in [-0.25, -0.2) is 0 Å². The number of nitrogens with one attached hydrogen (secondary N) is 1. The summed E-state index contributed by atoms with van der Waals surface area (Å²) in [5, 5.41) is 2.92. The molecular weight excluding hydrogens is 368 g/mol. The van der Waals surface area contributed by atoms with E-state index in [1.54, 1.807) is 13.2 Å². The molecule has 2 aromatic carbocycles. The van der Waals surface area contributed by atoms with Crippen LogP contribution < -0.4 is 19.5 Å². The third-order valence-electron chi connectivity index (χ3n) is 5.07. The molecule has 1 heterocycles. The van der Waals surface area contributed by atoms with Crippen LogP contribution in [0.1, 0.15) is 26.2 Å². The van der Waals surface area contributed by atoms with Gasteiger partial charge in [-0.15, -0.1) is 0 Å². The second-order valence-electron chi connectivity index (χ2n) is 7.33. The molecule has 1 saturated heterocycles. The van der Waals surface area contributed by atoms with Crippen LogP contribution in [0.2, 0.25) is 0 Å². The average molecular weight is 399 g/mol. The maximum atomic E-state index is 12.6. The fourth-order valence-corrected chi connectivity index (χ4v) is 3.30. The molecule has 0 spiro atoms. The molecule has 3 rings (SSSR count). The van der Waals surface area contributed by atoms with Crippen molar-refractivity contribution >= 4 is 11.6 Å². The van der Waals surface area contributed by atoms with Gasteiger partial charge in [-0.2, -0.15) is 0 Å². The highest BCUT2D eigenvalue weighted by Crippen LogP contribution is 2.23. The molecule has 0 aromatic heterocycles. The number of anilines is 1. The SMILES string of the molecule is CCC(Oc1cccc(OC)c1)C(=O)Nc1ccc(OC2CCN(C)CC2)cc1. The lowest BCUT2D eigenvalue weighted by Gasteiger charge is -2.29. The normalized spacial score (nSPS) is 16.1. The quantitative estimate of drug-likeness (QED) is 0.729. The predicted molar refractivity (Wildman–Crippen MR) is 114 cm³/mol. The number of rotatable bonds is 8. The first-order chi connectivity index (χ1) is 14.1. The Balaban J connectivity index is 1.54. The molecule has 0 aliphatic carbocycles. The lowest BCUT2D eigenvalue weighted by atomic mass is 10.1. The summed E-state index contributed by atoms with van der Waals surface area (Å²) in [6.07, 6.45) is 2.30. The van der Waals surface area contributed by atoms with Gasteiger partial charge in [0.2, 0.25) is 0 Å². The van der Waals surface area contributed by atoms with E-state index >= 15 is 0 Å². The van der Waals surface area contributed by atoms with Crippen molar-refractivity contribution in [3.8, 4) is 17.2 Å². The molecule has 1 aliphatic rings. The molecule has 2 aromatic rings. The van der Waals surface area contributed by atoms with Crippen LogP contribution in [0.3, 0.4) is 0 Å². The lowest BCUT2D eigenvalue weighted by Crippen LogP contribution is -2.35. The van der Waals surface area contributed by atoms with Crippen molar-refractivity contribution < 1.29 is 19.0 Å². The summed E-state index contributed by atoms with van der Waals surface area (Å²) in [4.78, 5) is 14.9. The maximum Gasteiger partial charge on any atom is 0.265 e. The van der Waals surface area contributed by atoms with E-state index < -0.39 is 6.10 Å². The predicted octanol–water partition coefficient (Wildman–Crippen LogP) is 3.96. The summed E-state index contributed by atoms with van der Waals surface area (Å²) in [5.41, 5.74) is 0.721. The Bertz CT molecular complexity index is 786. The molecule has 0 bridgehead atoms. The van der Waals surface area contributed by atoms with Crippen LogP contribution in [-0.2, 0) is 4.79 Å². The third kappa shape index (κ3) is 6.12. The second kappa shape index (κ2) is 10.2. The van der Waals surface area contributed by atoms with Crippen molar-refractivity contribution in [3.63, 3.8) is 0 Å². The fraction of sp³-hybridized carbons (Fsp3) is 0.435. The minimum Gasteiger partial charge on any atom is -0.497 e. The monoisotopic (exact) mass is 398 g/mol. The van der Waals surface area contributed by atoms with E-state index in [2.05, 4.69) is 17.3 Å². The van der Waals surface area contributed by atoms with Crippen LogP contribution in [0.4, 0.5) is 5.69 Å². The average Bonchev–Trinajstić information content (AvgIpc) is 2.75. The van der Waals surface area contributed by atoms with Crippen molar-refractivity contribution in [3.05, 3.63) is 48.5 Å². The Morgan fingerprint density at radius 3 is 2.45 bits per heavy atom. The first-order valence-corrected chi connectivity index (χ1v) is 10.1. The van der Waals surface area contributed by atoms with Crippen LogP contribution in [-0.4, -0.2) is 50.3 Å². The van der Waals surface area contributed by atoms with Gasteiger partial charge in [0.25, 0.3) is 5.91 Å². The standard InChI is InChI=1S/C23H30N2O4/c1-4-22(29-21-7-5-6-20(16-21)27-3)23(26)24-17-8-10-18(11-9-17)28-19-12-14-25(2)15-13-19/h5-11,16,19,22H,4,12-15H2,1-3H3,(H,24,26). The molecule has 1 atom stereocenters. The van der Waals surface area contributed by atoms with Crippen LogP contribution in [0.25, 0.3) is 0 Å². The van der Waals surface area contributed by atoms with E-state index in [4.69, 9.17) is 14.2 Å².